The smallest absolute Gasteiger partial charge is 0.326 e. The van der Waals surface area contributed by atoms with Gasteiger partial charge in [0.25, 0.3) is 0 Å². The highest BCUT2D eigenvalue weighted by molar-refractivity contribution is 5.88. The predicted molar refractivity (Wildman–Crippen MR) is 74.1 cm³/mol. The molecule has 1 aliphatic heterocycles. The highest BCUT2D eigenvalue weighted by Crippen LogP contribution is 2.11. The first-order valence-corrected chi connectivity index (χ1v) is 7.25. The van der Waals surface area contributed by atoms with Gasteiger partial charge in [0.1, 0.15) is 6.04 Å². The number of carbonyl (C=O) groups excluding carboxylic acids is 2. The van der Waals surface area contributed by atoms with E-state index in [-0.39, 0.29) is 18.4 Å². The molecule has 0 aromatic carbocycles. The number of carbonyl (C=O) groups is 3. The fraction of sp³-hybridized carbons (Fsp3) is 0.786. The maximum atomic E-state index is 11.9. The molecule has 0 radical (unpaired) electrons. The summed E-state index contributed by atoms with van der Waals surface area (Å²) in [5, 5.41) is 11.7. The van der Waals surface area contributed by atoms with Crippen molar-refractivity contribution in [1.82, 2.24) is 10.2 Å². The summed E-state index contributed by atoms with van der Waals surface area (Å²) in [5.74, 6) is -1.59. The van der Waals surface area contributed by atoms with Gasteiger partial charge in [-0.3, -0.25) is 9.59 Å². The molecule has 0 aromatic heterocycles. The van der Waals surface area contributed by atoms with Gasteiger partial charge in [-0.15, -0.1) is 0 Å². The van der Waals surface area contributed by atoms with Gasteiger partial charge in [0.15, 0.2) is 0 Å². The Bertz CT molecular complexity index is 370. The summed E-state index contributed by atoms with van der Waals surface area (Å²) in [5.41, 5.74) is 0. The number of nitrogens with one attached hydrogen (secondary N) is 1. The number of amides is 2. The van der Waals surface area contributed by atoms with Crippen molar-refractivity contribution in [2.75, 3.05) is 13.1 Å². The lowest BCUT2D eigenvalue weighted by atomic mass is 9.99. The van der Waals surface area contributed by atoms with Gasteiger partial charge in [-0.2, -0.15) is 0 Å². The number of aliphatic carboxylic acids is 1. The maximum absolute atomic E-state index is 11.9. The molecule has 1 saturated heterocycles. The molecule has 1 fully saturated rings. The predicted octanol–water partition coefficient (Wildman–Crippen LogP) is 1.00. The molecule has 2 atom stereocenters. The lowest BCUT2D eigenvalue weighted by Crippen LogP contribution is -2.49. The summed E-state index contributed by atoms with van der Waals surface area (Å²) in [6.45, 7) is 4.20. The van der Waals surface area contributed by atoms with Crippen LogP contribution in [-0.2, 0) is 14.4 Å². The second-order valence-electron chi connectivity index (χ2n) is 5.39. The fourth-order valence-corrected chi connectivity index (χ4v) is 2.28. The third kappa shape index (κ3) is 4.83. The van der Waals surface area contributed by atoms with Crippen molar-refractivity contribution in [2.24, 2.45) is 5.92 Å². The van der Waals surface area contributed by atoms with Crippen molar-refractivity contribution >= 4 is 17.8 Å². The van der Waals surface area contributed by atoms with Gasteiger partial charge in [0, 0.05) is 13.0 Å². The Morgan fingerprint density at radius 1 is 1.35 bits per heavy atom. The minimum Gasteiger partial charge on any atom is -0.480 e. The quantitative estimate of drug-likeness (QED) is 0.762. The molecule has 1 rings (SSSR count). The highest BCUT2D eigenvalue weighted by Gasteiger charge is 2.27. The van der Waals surface area contributed by atoms with Crippen LogP contribution in [0.3, 0.4) is 0 Å². The number of likely N-dealkylation sites (tertiary alicyclic amines) is 1. The zero-order chi connectivity index (χ0) is 15.1. The molecule has 6 nitrogen and oxygen atoms in total. The Hall–Kier alpha value is -1.59. The summed E-state index contributed by atoms with van der Waals surface area (Å²) in [4.78, 5) is 36.4. The second-order valence-corrected chi connectivity index (χ2v) is 5.39. The molecule has 6 heteroatoms. The van der Waals surface area contributed by atoms with Crippen LogP contribution in [0.15, 0.2) is 0 Å². The van der Waals surface area contributed by atoms with E-state index in [1.54, 1.807) is 6.92 Å². The molecule has 1 unspecified atom stereocenters. The Morgan fingerprint density at radius 3 is 2.65 bits per heavy atom. The summed E-state index contributed by atoms with van der Waals surface area (Å²) in [6, 6.07) is -0.894. The first-order valence-electron chi connectivity index (χ1n) is 7.25. The minimum atomic E-state index is -1.03. The third-order valence-electron chi connectivity index (χ3n) is 3.80. The zero-order valence-corrected chi connectivity index (χ0v) is 12.2. The summed E-state index contributed by atoms with van der Waals surface area (Å²) in [7, 11) is 0. The standard InChI is InChI=1S/C14H24N2O4/c1-3-10(2)13(14(19)20)15-11(17)9-16-8-6-4-5-7-12(16)18/h10,13H,3-9H2,1-2H3,(H,15,17)(H,19,20)/t10?,13-/m0/s1. The summed E-state index contributed by atoms with van der Waals surface area (Å²) in [6.07, 6.45) is 3.89. The number of carboxylic acids is 1. The van der Waals surface area contributed by atoms with Crippen molar-refractivity contribution < 1.29 is 19.5 Å². The van der Waals surface area contributed by atoms with Crippen molar-refractivity contribution in [3.8, 4) is 0 Å². The van der Waals surface area contributed by atoms with Crippen LogP contribution in [0.4, 0.5) is 0 Å². The third-order valence-corrected chi connectivity index (χ3v) is 3.80. The fourth-order valence-electron chi connectivity index (χ4n) is 2.28. The molecule has 114 valence electrons. The maximum Gasteiger partial charge on any atom is 0.326 e. The Kier molecular flexibility index (Phi) is 6.48. The molecule has 0 saturated carbocycles. The Labute approximate surface area is 119 Å². The monoisotopic (exact) mass is 284 g/mol. The van der Waals surface area contributed by atoms with Crippen molar-refractivity contribution in [1.29, 1.82) is 0 Å². The molecular weight excluding hydrogens is 260 g/mol. The van der Waals surface area contributed by atoms with Gasteiger partial charge in [0.2, 0.25) is 11.8 Å². The van der Waals surface area contributed by atoms with Crippen molar-refractivity contribution in [2.45, 2.75) is 52.0 Å². The molecule has 2 amide bonds. The van der Waals surface area contributed by atoms with Gasteiger partial charge in [-0.25, -0.2) is 4.79 Å². The van der Waals surface area contributed by atoms with E-state index in [1.807, 2.05) is 6.92 Å². The number of rotatable bonds is 6. The average molecular weight is 284 g/mol. The minimum absolute atomic E-state index is 0.0203. The van der Waals surface area contributed by atoms with Gasteiger partial charge < -0.3 is 15.3 Å². The van der Waals surface area contributed by atoms with Crippen LogP contribution in [0.1, 0.15) is 46.0 Å². The largest absolute Gasteiger partial charge is 0.480 e. The van der Waals surface area contributed by atoms with Crippen LogP contribution >= 0.6 is 0 Å². The molecule has 0 bridgehead atoms. The van der Waals surface area contributed by atoms with Crippen molar-refractivity contribution in [3.63, 3.8) is 0 Å². The Morgan fingerprint density at radius 2 is 2.05 bits per heavy atom. The van der Waals surface area contributed by atoms with E-state index in [0.717, 1.165) is 19.3 Å². The molecule has 1 aliphatic rings. The molecule has 0 aliphatic carbocycles. The normalized spacial score (nSPS) is 19.1. The first-order chi connectivity index (χ1) is 9.45. The molecule has 0 aromatic rings. The van der Waals surface area contributed by atoms with Gasteiger partial charge >= 0.3 is 5.97 Å². The van der Waals surface area contributed by atoms with Gasteiger partial charge in [0.05, 0.1) is 6.54 Å². The SMILES string of the molecule is CCC(C)[C@H](NC(=O)CN1CCCCCC1=O)C(=O)O. The van der Waals surface area contributed by atoms with E-state index in [0.29, 0.717) is 19.4 Å². The first kappa shape index (κ1) is 16.5. The van der Waals surface area contributed by atoms with E-state index in [1.165, 1.54) is 4.90 Å². The Balaban J connectivity index is 2.56. The second kappa shape index (κ2) is 7.87. The van der Waals surface area contributed by atoms with Crippen LogP contribution in [0.2, 0.25) is 0 Å². The number of nitrogens with zero attached hydrogens (tertiary/aromatic N) is 1. The zero-order valence-electron chi connectivity index (χ0n) is 12.2. The van der Waals surface area contributed by atoms with Crippen LogP contribution < -0.4 is 5.32 Å². The van der Waals surface area contributed by atoms with Crippen LogP contribution in [0.25, 0.3) is 0 Å². The van der Waals surface area contributed by atoms with Gasteiger partial charge in [-0.1, -0.05) is 26.7 Å². The molecule has 20 heavy (non-hydrogen) atoms. The van der Waals surface area contributed by atoms with Crippen LogP contribution in [0, 0.1) is 5.92 Å². The van der Waals surface area contributed by atoms with E-state index in [2.05, 4.69) is 5.32 Å². The highest BCUT2D eigenvalue weighted by atomic mass is 16.4. The molecule has 2 N–H and O–H groups in total. The topological polar surface area (TPSA) is 86.7 Å². The molecule has 1 heterocycles. The van der Waals surface area contributed by atoms with E-state index in [9.17, 15) is 14.4 Å². The number of hydrogen-bond acceptors (Lipinski definition) is 3. The van der Waals surface area contributed by atoms with Crippen molar-refractivity contribution in [3.05, 3.63) is 0 Å². The summed E-state index contributed by atoms with van der Waals surface area (Å²) < 4.78 is 0. The number of carboxylic acid groups (broad SMARTS) is 1. The van der Waals surface area contributed by atoms with Crippen LogP contribution in [-0.4, -0.2) is 46.9 Å². The lowest BCUT2D eigenvalue weighted by Gasteiger charge is -2.24. The molecule has 0 spiro atoms. The van der Waals surface area contributed by atoms with Gasteiger partial charge in [-0.05, 0) is 18.8 Å². The van der Waals surface area contributed by atoms with E-state index in [4.69, 9.17) is 5.11 Å². The van der Waals surface area contributed by atoms with Crippen LogP contribution in [0.5, 0.6) is 0 Å². The lowest BCUT2D eigenvalue weighted by molar-refractivity contribution is -0.144. The average Bonchev–Trinajstić information content (AvgIpc) is 2.60. The van der Waals surface area contributed by atoms with E-state index < -0.39 is 17.9 Å². The molecular formula is C14H24N2O4. The summed E-state index contributed by atoms with van der Waals surface area (Å²) >= 11 is 0. The van der Waals surface area contributed by atoms with E-state index >= 15 is 0 Å². The number of hydrogen-bond donors (Lipinski definition) is 2.